The number of esters is 1. The monoisotopic (exact) mass is 507 g/mol. The van der Waals surface area contributed by atoms with Crippen molar-refractivity contribution in [1.29, 1.82) is 0 Å². The van der Waals surface area contributed by atoms with Gasteiger partial charge in [0.1, 0.15) is 11.9 Å². The highest BCUT2D eigenvalue weighted by Gasteiger charge is 2.53. The van der Waals surface area contributed by atoms with Crippen molar-refractivity contribution in [2.45, 2.75) is 111 Å². The van der Waals surface area contributed by atoms with E-state index in [0.29, 0.717) is 6.42 Å². The number of hydrogen-bond donors (Lipinski definition) is 2. The normalized spacial score (nSPS) is 37.5. The number of thiazole rings is 1. The number of aliphatic hydroxyl groups is 2. The Kier molecular flexibility index (Phi) is 8.62. The number of aliphatic hydroxyl groups excluding tert-OH is 2. The molecule has 0 radical (unpaired) electrons. The third kappa shape index (κ3) is 6.59. The summed E-state index contributed by atoms with van der Waals surface area (Å²) in [5.41, 5.74) is 0.179. The number of epoxide rings is 1. The molecule has 0 bridgehead atoms. The van der Waals surface area contributed by atoms with Gasteiger partial charge < -0.3 is 19.7 Å². The molecule has 0 aliphatic carbocycles. The molecule has 7 atom stereocenters. The summed E-state index contributed by atoms with van der Waals surface area (Å²) in [7, 11) is 0. The zero-order valence-electron chi connectivity index (χ0n) is 22.0. The van der Waals surface area contributed by atoms with Crippen molar-refractivity contribution in [3.8, 4) is 0 Å². The van der Waals surface area contributed by atoms with Crippen molar-refractivity contribution >= 4 is 29.2 Å². The Balaban J connectivity index is 1.85. The van der Waals surface area contributed by atoms with E-state index in [0.717, 1.165) is 35.5 Å². The number of fused-ring (bicyclic) bond motifs is 1. The summed E-state index contributed by atoms with van der Waals surface area (Å²) < 4.78 is 11.9. The summed E-state index contributed by atoms with van der Waals surface area (Å²) in [4.78, 5) is 30.6. The molecular weight excluding hydrogens is 466 g/mol. The first-order valence-corrected chi connectivity index (χ1v) is 13.5. The van der Waals surface area contributed by atoms with Crippen molar-refractivity contribution in [2.24, 2.45) is 17.3 Å². The van der Waals surface area contributed by atoms with Crippen molar-refractivity contribution in [1.82, 2.24) is 4.98 Å². The van der Waals surface area contributed by atoms with Crippen LogP contribution in [0.15, 0.2) is 11.0 Å². The second-order valence-corrected chi connectivity index (χ2v) is 12.3. The molecule has 2 unspecified atom stereocenters. The molecule has 0 amide bonds. The Hall–Kier alpha value is -1.61. The molecule has 1 aromatic rings. The summed E-state index contributed by atoms with van der Waals surface area (Å²) in [6.07, 6.45) is 1.98. The van der Waals surface area contributed by atoms with Gasteiger partial charge in [-0.3, -0.25) is 9.59 Å². The summed E-state index contributed by atoms with van der Waals surface area (Å²) in [6.45, 7) is 12.8. The van der Waals surface area contributed by atoms with Crippen LogP contribution in [0.1, 0.15) is 84.3 Å². The Labute approximate surface area is 212 Å². The quantitative estimate of drug-likeness (QED) is 0.449. The predicted molar refractivity (Wildman–Crippen MR) is 136 cm³/mol. The highest BCUT2D eigenvalue weighted by Crippen LogP contribution is 2.45. The molecule has 8 heteroatoms. The minimum absolute atomic E-state index is 0.0455. The Morgan fingerprint density at radius 1 is 1.23 bits per heavy atom. The molecule has 2 aliphatic heterocycles. The van der Waals surface area contributed by atoms with Gasteiger partial charge in [-0.15, -0.1) is 11.3 Å². The van der Waals surface area contributed by atoms with Gasteiger partial charge in [0.05, 0.1) is 46.5 Å². The number of ether oxygens (including phenoxy) is 2. The van der Waals surface area contributed by atoms with Crippen molar-refractivity contribution in [3.05, 3.63) is 21.7 Å². The van der Waals surface area contributed by atoms with E-state index < -0.39 is 35.6 Å². The van der Waals surface area contributed by atoms with Crippen molar-refractivity contribution < 1.29 is 29.3 Å². The van der Waals surface area contributed by atoms with E-state index >= 15 is 0 Å². The van der Waals surface area contributed by atoms with E-state index in [1.54, 1.807) is 32.1 Å². The minimum Gasteiger partial charge on any atom is -0.458 e. The zero-order chi connectivity index (χ0) is 26.1. The largest absolute Gasteiger partial charge is 0.458 e. The lowest BCUT2D eigenvalue weighted by molar-refractivity contribution is -0.154. The molecule has 0 spiro atoms. The molecule has 2 saturated heterocycles. The minimum atomic E-state index is -1.23. The third-order valence-electron chi connectivity index (χ3n) is 7.93. The average molecular weight is 508 g/mol. The Bertz CT molecular complexity index is 955. The van der Waals surface area contributed by atoms with E-state index in [1.165, 1.54) is 0 Å². The number of ketones is 1. The van der Waals surface area contributed by atoms with E-state index in [1.807, 2.05) is 32.2 Å². The van der Waals surface area contributed by atoms with Gasteiger partial charge >= 0.3 is 5.97 Å². The van der Waals surface area contributed by atoms with Crippen LogP contribution in [0.25, 0.3) is 6.08 Å². The molecule has 7 nitrogen and oxygen atoms in total. The fourth-order valence-electron chi connectivity index (χ4n) is 5.07. The van der Waals surface area contributed by atoms with E-state index in [9.17, 15) is 19.8 Å². The highest BCUT2D eigenvalue weighted by molar-refractivity contribution is 7.09. The van der Waals surface area contributed by atoms with Gasteiger partial charge in [0.15, 0.2) is 0 Å². The van der Waals surface area contributed by atoms with Crippen LogP contribution >= 0.6 is 11.3 Å². The number of aromatic nitrogens is 1. The number of Topliss-reactive ketones (excluding diaryl/α,β-unsaturated/α-hetero) is 1. The molecule has 0 aromatic carbocycles. The lowest BCUT2D eigenvalue weighted by Crippen LogP contribution is -2.45. The number of cyclic esters (lactones) is 1. The topological polar surface area (TPSA) is 109 Å². The van der Waals surface area contributed by atoms with Crippen LogP contribution < -0.4 is 0 Å². The third-order valence-corrected chi connectivity index (χ3v) is 8.72. The Morgan fingerprint density at radius 2 is 1.91 bits per heavy atom. The summed E-state index contributed by atoms with van der Waals surface area (Å²) in [5, 5.41) is 24.6. The Morgan fingerprint density at radius 3 is 2.54 bits per heavy atom. The number of aryl methyl sites for hydroxylation is 1. The molecule has 196 valence electrons. The van der Waals surface area contributed by atoms with Gasteiger partial charge in [-0.1, -0.05) is 34.1 Å². The molecule has 35 heavy (non-hydrogen) atoms. The lowest BCUT2D eigenvalue weighted by Gasteiger charge is -2.34. The van der Waals surface area contributed by atoms with Gasteiger partial charge in [0.25, 0.3) is 0 Å². The van der Waals surface area contributed by atoms with Crippen molar-refractivity contribution in [2.75, 3.05) is 0 Å². The first-order valence-electron chi connectivity index (χ1n) is 12.6. The second-order valence-electron chi connectivity index (χ2n) is 11.3. The molecule has 1 aromatic heterocycles. The SMILES string of the molecule is C/C(=C\c1csc(C)n1)[C@@H]1C[C@@H]2OC2(C)CCC[C@H](C)[C@H](O)[C@@H](C)C(=O)C(C)(C)C(O)CC(=O)O1. The van der Waals surface area contributed by atoms with E-state index in [4.69, 9.17) is 9.47 Å². The molecule has 2 N–H and O–H groups in total. The van der Waals surface area contributed by atoms with Crippen LogP contribution in [0.5, 0.6) is 0 Å². The predicted octanol–water partition coefficient (Wildman–Crippen LogP) is 4.48. The summed E-state index contributed by atoms with van der Waals surface area (Å²) >= 11 is 1.56. The fraction of sp³-hybridized carbons (Fsp3) is 0.741. The number of nitrogens with zero attached hydrogens (tertiary/aromatic N) is 1. The van der Waals surface area contributed by atoms with E-state index in [2.05, 4.69) is 11.9 Å². The zero-order valence-corrected chi connectivity index (χ0v) is 22.9. The first-order chi connectivity index (χ1) is 16.2. The molecule has 2 aliphatic rings. The number of hydrogen-bond acceptors (Lipinski definition) is 8. The van der Waals surface area contributed by atoms with E-state index in [-0.39, 0.29) is 29.8 Å². The fourth-order valence-corrected chi connectivity index (χ4v) is 5.64. The van der Waals surface area contributed by atoms with Crippen LogP contribution in [0.4, 0.5) is 0 Å². The number of rotatable bonds is 2. The molecular formula is C27H41NO6S. The van der Waals surface area contributed by atoms with Gasteiger partial charge in [-0.25, -0.2) is 4.98 Å². The van der Waals surface area contributed by atoms with Gasteiger partial charge in [-0.05, 0) is 51.2 Å². The second kappa shape index (κ2) is 10.8. The summed E-state index contributed by atoms with van der Waals surface area (Å²) in [5.74, 6) is -1.55. The van der Waals surface area contributed by atoms with Crippen molar-refractivity contribution in [3.63, 3.8) is 0 Å². The number of carbonyl (C=O) groups excluding carboxylic acids is 2. The van der Waals surface area contributed by atoms with Gasteiger partial charge in [-0.2, -0.15) is 0 Å². The molecule has 0 saturated carbocycles. The smallest absolute Gasteiger partial charge is 0.309 e. The molecule has 2 fully saturated rings. The number of carbonyl (C=O) groups is 2. The average Bonchev–Trinajstić information content (AvgIpc) is 3.22. The highest BCUT2D eigenvalue weighted by atomic mass is 32.1. The maximum atomic E-state index is 13.2. The van der Waals surface area contributed by atoms with Gasteiger partial charge in [0.2, 0.25) is 0 Å². The van der Waals surface area contributed by atoms with Crippen LogP contribution in [0.2, 0.25) is 0 Å². The van der Waals surface area contributed by atoms with Crippen LogP contribution in [-0.2, 0) is 19.1 Å². The van der Waals surface area contributed by atoms with Crippen LogP contribution in [0, 0.1) is 24.2 Å². The molecule has 3 rings (SSSR count). The maximum absolute atomic E-state index is 13.2. The van der Waals surface area contributed by atoms with Crippen LogP contribution in [0.3, 0.4) is 0 Å². The summed E-state index contributed by atoms with van der Waals surface area (Å²) in [6, 6.07) is 0. The molecule has 3 heterocycles. The maximum Gasteiger partial charge on any atom is 0.309 e. The first kappa shape index (κ1) is 28.0. The lowest BCUT2D eigenvalue weighted by atomic mass is 9.73. The van der Waals surface area contributed by atoms with Crippen LogP contribution in [-0.4, -0.2) is 57.0 Å². The standard InChI is InChI=1S/C27H41NO6S/c1-15-9-8-10-27(7)22(34-27)12-20(16(2)11-19-14-35-18(4)28-19)33-23(30)13-21(29)26(5,6)25(32)17(3)24(15)31/h11,14-15,17,20-22,24,29,31H,8-10,12-13H2,1-7H3/b16-11+/t15-,17+,20-,21?,22-,24-,27?/m0/s1. The van der Waals surface area contributed by atoms with Gasteiger partial charge in [0, 0.05) is 17.7 Å².